The molecular weight excluding hydrogens is 1620 g/mol. The second kappa shape index (κ2) is 40.1. The fourth-order valence-corrected chi connectivity index (χ4v) is 14.3. The average Bonchev–Trinajstić information content (AvgIpc) is 1.26. The normalized spacial score (nSPS) is 35.1. The standard InChI is InChI=1S/C66H96N18O36/c85-13-37-43(91)49(97)55(103)61(115-37)109-19-25-1-79(73-67-25)7-31-32(8-80-2-26(68-74-80)20-110-62-56(104)50(98)44(92)38(14-86)116-62)34(10-82-4-28(70-76-82)22-112-64-58(106)52(100)46(94)40(16-88)118-64)36(12-84-6-30(72-78-84)24-114-66-60(108)54(102)48(96)42(18-90)120-66)35(11-83-5-29(71-77-83)23-113-65-59(107)53(101)47(95)41(17-89)119-65)33(31)9-81-3-27(69-75-81)21-111-63-57(105)51(99)45(93)39(15-87)117-63/h1-6,37-66,85-108H,7-24H2/t37-,38-,39-,40-,41-,42-,43-,44-,45-,46-,47-,48-,49+,50+,51+,52+,53+,54+,55+,56+,57+,58+,59+,60+,61+,62+,63+,64+,65+,66+/m1/s1. The molecule has 0 aliphatic carbocycles. The lowest BCUT2D eigenvalue weighted by molar-refractivity contribution is -0.304. The molecule has 666 valence electrons. The minimum atomic E-state index is -1.84. The second-order valence-corrected chi connectivity index (χ2v) is 29.4. The van der Waals surface area contributed by atoms with Crippen LogP contribution < -0.4 is 0 Å². The molecule has 0 saturated carbocycles. The van der Waals surface area contributed by atoms with Gasteiger partial charge in [0.2, 0.25) is 0 Å². The van der Waals surface area contributed by atoms with Gasteiger partial charge in [0.15, 0.2) is 37.7 Å². The summed E-state index contributed by atoms with van der Waals surface area (Å²) < 4.78 is 77.0. The molecule has 54 nitrogen and oxygen atoms in total. The zero-order valence-electron chi connectivity index (χ0n) is 63.2. The predicted molar refractivity (Wildman–Crippen MR) is 373 cm³/mol. The number of nitrogens with zero attached hydrogens (tertiary/aromatic N) is 18. The van der Waals surface area contributed by atoms with Crippen LogP contribution in [0.5, 0.6) is 0 Å². The molecule has 0 radical (unpaired) electrons. The van der Waals surface area contributed by atoms with Gasteiger partial charge in [0.25, 0.3) is 0 Å². The van der Waals surface area contributed by atoms with Crippen LogP contribution in [0.1, 0.15) is 67.5 Å². The van der Waals surface area contributed by atoms with Crippen molar-refractivity contribution in [2.45, 2.75) is 263 Å². The lowest BCUT2D eigenvalue weighted by Crippen LogP contribution is -2.59. The zero-order valence-corrected chi connectivity index (χ0v) is 63.2. The van der Waals surface area contributed by atoms with Crippen molar-refractivity contribution in [3.63, 3.8) is 0 Å². The molecule has 0 spiro atoms. The first kappa shape index (κ1) is 90.3. The highest BCUT2D eigenvalue weighted by Gasteiger charge is 2.50. The summed E-state index contributed by atoms with van der Waals surface area (Å²) in [5.41, 5.74) is 1.98. The van der Waals surface area contributed by atoms with Crippen molar-refractivity contribution in [2.24, 2.45) is 0 Å². The molecule has 6 aliphatic heterocycles. The van der Waals surface area contributed by atoms with Crippen LogP contribution in [0.2, 0.25) is 0 Å². The number of hydrogen-bond acceptors (Lipinski definition) is 48. The maximum absolute atomic E-state index is 11.0. The Morgan fingerprint density at radius 2 is 0.342 bits per heavy atom. The lowest BCUT2D eigenvalue weighted by atomic mass is 9.85. The maximum atomic E-state index is 11.0. The van der Waals surface area contributed by atoms with Gasteiger partial charge in [-0.15, -0.1) is 30.6 Å². The number of rotatable bonds is 36. The van der Waals surface area contributed by atoms with Gasteiger partial charge >= 0.3 is 0 Å². The third-order valence-corrected chi connectivity index (χ3v) is 21.1. The molecule has 0 unspecified atom stereocenters. The van der Waals surface area contributed by atoms with Crippen molar-refractivity contribution in [3.05, 3.63) is 105 Å². The van der Waals surface area contributed by atoms with E-state index >= 15 is 0 Å². The summed E-state index contributed by atoms with van der Waals surface area (Å²) in [5, 5.41) is 306. The van der Waals surface area contributed by atoms with E-state index in [0.717, 1.165) is 0 Å². The van der Waals surface area contributed by atoms with Crippen molar-refractivity contribution in [3.8, 4) is 0 Å². The van der Waals surface area contributed by atoms with Gasteiger partial charge in [0, 0.05) is 0 Å². The van der Waals surface area contributed by atoms with E-state index in [2.05, 4.69) is 61.9 Å². The van der Waals surface area contributed by atoms with Gasteiger partial charge in [0.1, 0.15) is 181 Å². The Kier molecular flexibility index (Phi) is 30.2. The quantitative estimate of drug-likeness (QED) is 0.0173. The van der Waals surface area contributed by atoms with E-state index in [9.17, 15) is 123 Å². The lowest BCUT2D eigenvalue weighted by Gasteiger charge is -2.39. The minimum absolute atomic E-state index is 0.0485. The van der Waals surface area contributed by atoms with Gasteiger partial charge in [-0.2, -0.15) is 0 Å². The zero-order chi connectivity index (χ0) is 85.7. The van der Waals surface area contributed by atoms with E-state index in [1.54, 1.807) is 0 Å². The number of aliphatic hydroxyl groups excluding tert-OH is 24. The van der Waals surface area contributed by atoms with Crippen LogP contribution in [0.4, 0.5) is 0 Å². The maximum Gasteiger partial charge on any atom is 0.187 e. The summed E-state index contributed by atoms with van der Waals surface area (Å²) in [6, 6.07) is 0. The first-order chi connectivity index (χ1) is 57.6. The fourth-order valence-electron chi connectivity index (χ4n) is 14.3. The minimum Gasteiger partial charge on any atom is -0.394 e. The molecular formula is C66H96N18O36. The first-order valence-corrected chi connectivity index (χ1v) is 37.6. The van der Waals surface area contributed by atoms with Gasteiger partial charge in [-0.05, 0) is 33.4 Å². The van der Waals surface area contributed by atoms with E-state index in [0.29, 0.717) is 0 Å². The molecule has 30 atom stereocenters. The summed E-state index contributed by atoms with van der Waals surface area (Å²) >= 11 is 0. The molecule has 24 N–H and O–H groups in total. The predicted octanol–water partition coefficient (Wildman–Crippen LogP) is -16.6. The number of hydrogen-bond donors (Lipinski definition) is 24. The highest BCUT2D eigenvalue weighted by atomic mass is 16.7. The van der Waals surface area contributed by atoms with Gasteiger partial charge in [0.05, 0.1) is 156 Å². The topological polar surface area (TPSA) is 781 Å². The van der Waals surface area contributed by atoms with E-state index in [1.807, 2.05) is 0 Å². The second-order valence-electron chi connectivity index (χ2n) is 29.4. The Morgan fingerprint density at radius 3 is 0.467 bits per heavy atom. The molecule has 7 aromatic rings. The summed E-state index contributed by atoms with van der Waals surface area (Å²) in [5.74, 6) is 0. The number of aromatic nitrogens is 18. The third-order valence-electron chi connectivity index (χ3n) is 21.1. The molecule has 6 aromatic heterocycles. The van der Waals surface area contributed by atoms with Crippen LogP contribution in [-0.4, -0.2) is 436 Å². The molecule has 13 rings (SSSR count). The highest BCUT2D eigenvalue weighted by Crippen LogP contribution is 2.36. The Labute approximate surface area is 674 Å². The smallest absolute Gasteiger partial charge is 0.187 e. The van der Waals surface area contributed by atoms with Crippen LogP contribution in [-0.2, 0) is 136 Å². The molecule has 12 heterocycles. The summed E-state index contributed by atoms with van der Waals surface area (Å²) in [7, 11) is 0. The van der Waals surface area contributed by atoms with Crippen LogP contribution in [0.3, 0.4) is 0 Å². The fraction of sp³-hybridized carbons (Fsp3) is 0.727. The third kappa shape index (κ3) is 20.2. The van der Waals surface area contributed by atoms with Gasteiger partial charge in [-0.1, -0.05) is 31.3 Å². The monoisotopic (exact) mass is 1720 g/mol. The highest BCUT2D eigenvalue weighted by molar-refractivity contribution is 5.53. The SMILES string of the molecule is OC[C@H]1O[C@H](OCc2cn(Cc3c(Cn4cc(CO[C@H]5O[C@H](CO)[C@@H](O)[C@H](O)[C@@H]5O)nn4)c(Cn4cc(CO[C@H]5O[C@H](CO)[C@@H](O)[C@H](O)[C@@H]5O)nn4)c(Cn4cc(CO[C@H]5O[C@H](CO)[C@@H](O)[C@H](O)[C@@H]5O)nn4)c(Cn4cc(CO[C@H]5O[C@H](CO)[C@@H](O)[C@H](O)[C@@H]5O)nn4)c3Cn3cc(CO[C@H]4O[C@H](CO)[C@@H](O)[C@H](O)[C@@H]4O)nn3)nn2)[C@@H](O)[C@@H](O)[C@@H]1O. The van der Waals surface area contributed by atoms with E-state index in [1.165, 1.54) is 65.3 Å². The van der Waals surface area contributed by atoms with Crippen molar-refractivity contribution < 1.29 is 179 Å². The number of benzene rings is 1. The van der Waals surface area contributed by atoms with Crippen LogP contribution in [0.15, 0.2) is 37.2 Å². The van der Waals surface area contributed by atoms with Gasteiger partial charge < -0.3 is 179 Å². The molecule has 6 aliphatic rings. The number of aliphatic hydroxyl groups is 24. The Morgan fingerprint density at radius 1 is 0.208 bits per heavy atom. The van der Waals surface area contributed by atoms with Crippen LogP contribution >= 0.6 is 0 Å². The summed E-state index contributed by atoms with van der Waals surface area (Å²) in [4.78, 5) is 0. The molecule has 6 fully saturated rings. The van der Waals surface area contributed by atoms with Gasteiger partial charge in [-0.25, -0.2) is 28.1 Å². The molecule has 6 saturated heterocycles. The average molecular weight is 1720 g/mol. The van der Waals surface area contributed by atoms with Gasteiger partial charge in [-0.3, -0.25) is 0 Å². The summed E-state index contributed by atoms with van der Waals surface area (Å²) in [6.07, 6.45) is -42.0. The van der Waals surface area contributed by atoms with Crippen LogP contribution in [0.25, 0.3) is 0 Å². The Hall–Kier alpha value is -7.38. The molecule has 0 bridgehead atoms. The van der Waals surface area contributed by atoms with E-state index in [-0.39, 0.29) is 107 Å². The van der Waals surface area contributed by atoms with E-state index < -0.39 is 264 Å². The van der Waals surface area contributed by atoms with Crippen molar-refractivity contribution >= 4 is 0 Å². The molecule has 120 heavy (non-hydrogen) atoms. The summed E-state index contributed by atoms with van der Waals surface area (Å²) in [6.45, 7) is -9.94. The molecule has 0 amide bonds. The Balaban J connectivity index is 0.973. The largest absolute Gasteiger partial charge is 0.394 e. The Bertz CT molecular complexity index is 3670. The molecule has 54 heteroatoms. The first-order valence-electron chi connectivity index (χ1n) is 37.6. The number of ether oxygens (including phenoxy) is 12. The van der Waals surface area contributed by atoms with Crippen molar-refractivity contribution in [1.29, 1.82) is 0 Å². The van der Waals surface area contributed by atoms with E-state index in [4.69, 9.17) is 56.8 Å². The van der Waals surface area contributed by atoms with Crippen LogP contribution in [0, 0.1) is 0 Å². The van der Waals surface area contributed by atoms with Crippen molar-refractivity contribution in [2.75, 3.05) is 39.6 Å². The molecule has 1 aromatic carbocycles. The van der Waals surface area contributed by atoms with Crippen molar-refractivity contribution in [1.82, 2.24) is 90.0 Å².